The molecule has 2 rings (SSSR count). The molecule has 0 heterocycles. The van der Waals surface area contributed by atoms with E-state index in [4.69, 9.17) is 9.47 Å². The summed E-state index contributed by atoms with van der Waals surface area (Å²) >= 11 is 0. The maximum absolute atomic E-state index is 12.1. The first-order valence-electron chi connectivity index (χ1n) is 8.48. The van der Waals surface area contributed by atoms with Gasteiger partial charge >= 0.3 is 0 Å². The van der Waals surface area contributed by atoms with Crippen LogP contribution in [0.4, 0.5) is 0 Å². The smallest absolute Gasteiger partial charge is 0.163 e. The summed E-state index contributed by atoms with van der Waals surface area (Å²) in [5, 5.41) is 29.3. The summed E-state index contributed by atoms with van der Waals surface area (Å²) in [7, 11) is 2.80. The Morgan fingerprint density at radius 1 is 1.00 bits per heavy atom. The molecule has 0 spiro atoms. The summed E-state index contributed by atoms with van der Waals surface area (Å²) in [5.41, 5.74) is 1.04. The Bertz CT molecular complexity index is 886. The van der Waals surface area contributed by atoms with Crippen LogP contribution in [-0.2, 0) is 9.59 Å². The molecule has 0 aliphatic carbocycles. The summed E-state index contributed by atoms with van der Waals surface area (Å²) in [6.45, 7) is 0. The summed E-state index contributed by atoms with van der Waals surface area (Å²) < 4.78 is 9.96. The first-order chi connectivity index (χ1) is 13.3. The number of ketones is 2. The lowest BCUT2D eigenvalue weighted by Gasteiger charge is -2.12. The molecule has 0 radical (unpaired) electrons. The normalized spacial score (nSPS) is 12.0. The van der Waals surface area contributed by atoms with Gasteiger partial charge in [-0.05, 0) is 41.5 Å². The number of hydrogen-bond acceptors (Lipinski definition) is 7. The van der Waals surface area contributed by atoms with Crippen molar-refractivity contribution < 1.29 is 34.4 Å². The number of aromatic hydroxyl groups is 2. The van der Waals surface area contributed by atoms with Crippen molar-refractivity contribution in [2.24, 2.45) is 0 Å². The SMILES string of the molecule is COc1cc(C=CC(=O)CC(=O)CC(O)c2ccc(O)c(OC)c2)ccc1O. The van der Waals surface area contributed by atoms with Crippen molar-refractivity contribution in [3.05, 3.63) is 53.6 Å². The molecule has 0 aliphatic rings. The number of carbonyl (C=O) groups excluding carboxylic acids is 2. The van der Waals surface area contributed by atoms with Gasteiger partial charge in [-0.3, -0.25) is 9.59 Å². The molecule has 0 saturated heterocycles. The Kier molecular flexibility index (Phi) is 7.17. The van der Waals surface area contributed by atoms with E-state index < -0.39 is 17.7 Å². The van der Waals surface area contributed by atoms with E-state index in [1.165, 1.54) is 50.6 Å². The molecule has 2 aromatic carbocycles. The van der Waals surface area contributed by atoms with Gasteiger partial charge in [-0.15, -0.1) is 0 Å². The number of allylic oxidation sites excluding steroid dienone is 1. The Hall–Kier alpha value is -3.32. The number of hydrogen-bond donors (Lipinski definition) is 3. The number of ether oxygens (including phenoxy) is 2. The van der Waals surface area contributed by atoms with Crippen molar-refractivity contribution in [3.8, 4) is 23.0 Å². The lowest BCUT2D eigenvalue weighted by molar-refractivity contribution is -0.126. The van der Waals surface area contributed by atoms with E-state index in [9.17, 15) is 24.9 Å². The van der Waals surface area contributed by atoms with Gasteiger partial charge in [0.05, 0.1) is 26.7 Å². The quantitative estimate of drug-likeness (QED) is 0.448. The van der Waals surface area contributed by atoms with Crippen LogP contribution in [0.25, 0.3) is 6.08 Å². The minimum atomic E-state index is -1.11. The fourth-order valence-corrected chi connectivity index (χ4v) is 2.55. The zero-order chi connectivity index (χ0) is 20.7. The second-order valence-electron chi connectivity index (χ2n) is 6.10. The molecule has 7 heteroatoms. The zero-order valence-electron chi connectivity index (χ0n) is 15.6. The fraction of sp³-hybridized carbons (Fsp3) is 0.238. The van der Waals surface area contributed by atoms with Gasteiger partial charge < -0.3 is 24.8 Å². The number of aliphatic hydroxyl groups is 1. The summed E-state index contributed by atoms with van der Waals surface area (Å²) in [6, 6.07) is 8.88. The standard InChI is InChI=1S/C21H22O7/c1-27-20-9-13(4-7-17(20)24)3-6-15(22)11-16(23)12-19(26)14-5-8-18(25)21(10-14)28-2/h3-10,19,24-26H,11-12H2,1-2H3. The van der Waals surface area contributed by atoms with Gasteiger partial charge in [-0.2, -0.15) is 0 Å². The van der Waals surface area contributed by atoms with Crippen LogP contribution >= 0.6 is 0 Å². The summed E-state index contributed by atoms with van der Waals surface area (Å²) in [4.78, 5) is 24.1. The minimum Gasteiger partial charge on any atom is -0.504 e. The maximum Gasteiger partial charge on any atom is 0.163 e. The van der Waals surface area contributed by atoms with E-state index in [-0.39, 0.29) is 35.8 Å². The summed E-state index contributed by atoms with van der Waals surface area (Å²) in [6.07, 6.45) is 1.08. The van der Waals surface area contributed by atoms with Gasteiger partial charge in [0.2, 0.25) is 0 Å². The predicted molar refractivity (Wildman–Crippen MR) is 103 cm³/mol. The van der Waals surface area contributed by atoms with Crippen LogP contribution in [0.3, 0.4) is 0 Å². The van der Waals surface area contributed by atoms with Crippen molar-refractivity contribution >= 4 is 17.6 Å². The highest BCUT2D eigenvalue weighted by molar-refractivity contribution is 6.06. The first kappa shape index (κ1) is 21.0. The van der Waals surface area contributed by atoms with Gasteiger partial charge in [0.25, 0.3) is 0 Å². The van der Waals surface area contributed by atoms with Crippen LogP contribution in [0.5, 0.6) is 23.0 Å². The summed E-state index contributed by atoms with van der Waals surface area (Å²) in [5.74, 6) is -0.451. The van der Waals surface area contributed by atoms with Gasteiger partial charge in [0, 0.05) is 6.42 Å². The number of carbonyl (C=O) groups is 2. The number of rotatable bonds is 9. The van der Waals surface area contributed by atoms with Crippen LogP contribution in [0.2, 0.25) is 0 Å². The van der Waals surface area contributed by atoms with Crippen LogP contribution in [0, 0.1) is 0 Å². The highest BCUT2D eigenvalue weighted by Crippen LogP contribution is 2.30. The van der Waals surface area contributed by atoms with Crippen molar-refractivity contribution in [2.45, 2.75) is 18.9 Å². The van der Waals surface area contributed by atoms with Gasteiger partial charge in [-0.1, -0.05) is 18.2 Å². The Morgan fingerprint density at radius 2 is 1.61 bits per heavy atom. The number of methoxy groups -OCH3 is 2. The van der Waals surface area contributed by atoms with Crippen LogP contribution < -0.4 is 9.47 Å². The molecule has 0 amide bonds. The van der Waals surface area contributed by atoms with Crippen molar-refractivity contribution in [1.29, 1.82) is 0 Å². The molecular formula is C21H22O7. The molecule has 28 heavy (non-hydrogen) atoms. The van der Waals surface area contributed by atoms with Crippen molar-refractivity contribution in [1.82, 2.24) is 0 Å². The van der Waals surface area contributed by atoms with E-state index >= 15 is 0 Å². The van der Waals surface area contributed by atoms with Crippen molar-refractivity contribution in [3.63, 3.8) is 0 Å². The molecular weight excluding hydrogens is 364 g/mol. The molecule has 7 nitrogen and oxygen atoms in total. The number of benzene rings is 2. The second-order valence-corrected chi connectivity index (χ2v) is 6.10. The van der Waals surface area contributed by atoms with Crippen LogP contribution in [0.15, 0.2) is 42.5 Å². The van der Waals surface area contributed by atoms with E-state index in [1.807, 2.05) is 0 Å². The Labute approximate surface area is 162 Å². The average molecular weight is 386 g/mol. The lowest BCUT2D eigenvalue weighted by Crippen LogP contribution is -2.10. The second kappa shape index (κ2) is 9.57. The topological polar surface area (TPSA) is 113 Å². The number of aliphatic hydroxyl groups excluding tert-OH is 1. The third-order valence-corrected chi connectivity index (χ3v) is 4.05. The Morgan fingerprint density at radius 3 is 2.25 bits per heavy atom. The van der Waals surface area contributed by atoms with E-state index in [0.717, 1.165) is 0 Å². The third kappa shape index (κ3) is 5.59. The fourth-order valence-electron chi connectivity index (χ4n) is 2.55. The van der Waals surface area contributed by atoms with Gasteiger partial charge in [0.1, 0.15) is 5.78 Å². The Balaban J connectivity index is 1.94. The lowest BCUT2D eigenvalue weighted by atomic mass is 10.0. The highest BCUT2D eigenvalue weighted by atomic mass is 16.5. The molecule has 1 atom stereocenters. The largest absolute Gasteiger partial charge is 0.504 e. The molecule has 0 aromatic heterocycles. The maximum atomic E-state index is 12.1. The van der Waals surface area contributed by atoms with Crippen LogP contribution in [-0.4, -0.2) is 41.1 Å². The molecule has 0 bridgehead atoms. The molecule has 148 valence electrons. The molecule has 1 unspecified atom stereocenters. The van der Waals surface area contributed by atoms with E-state index in [2.05, 4.69) is 0 Å². The molecule has 0 fully saturated rings. The first-order valence-corrected chi connectivity index (χ1v) is 8.48. The third-order valence-electron chi connectivity index (χ3n) is 4.05. The zero-order valence-corrected chi connectivity index (χ0v) is 15.6. The predicted octanol–water partition coefficient (Wildman–Crippen LogP) is 2.78. The molecule has 3 N–H and O–H groups in total. The van der Waals surface area contributed by atoms with E-state index in [0.29, 0.717) is 11.1 Å². The highest BCUT2D eigenvalue weighted by Gasteiger charge is 2.16. The van der Waals surface area contributed by atoms with Gasteiger partial charge in [0.15, 0.2) is 28.8 Å². The number of phenolic OH excluding ortho intramolecular Hbond substituents is 2. The molecule has 2 aromatic rings. The minimum absolute atomic E-state index is 0.0130. The van der Waals surface area contributed by atoms with Gasteiger partial charge in [-0.25, -0.2) is 0 Å². The average Bonchev–Trinajstić information content (AvgIpc) is 2.67. The number of phenols is 2. The number of Topliss-reactive ketones (excluding diaryl/α,β-unsaturated/α-hetero) is 1. The monoisotopic (exact) mass is 386 g/mol. The van der Waals surface area contributed by atoms with Crippen LogP contribution in [0.1, 0.15) is 30.1 Å². The van der Waals surface area contributed by atoms with E-state index in [1.54, 1.807) is 12.1 Å². The molecule has 0 aliphatic heterocycles. The van der Waals surface area contributed by atoms with Crippen molar-refractivity contribution in [2.75, 3.05) is 14.2 Å². The molecule has 0 saturated carbocycles.